The summed E-state index contributed by atoms with van der Waals surface area (Å²) in [4.78, 5) is 132. The van der Waals surface area contributed by atoms with Crippen molar-refractivity contribution in [3.8, 4) is 5.75 Å². The highest BCUT2D eigenvalue weighted by atomic mass is 16.4. The Morgan fingerprint density at radius 1 is 0.623 bits per heavy atom. The monoisotopic (exact) mass is 977 g/mol. The van der Waals surface area contributed by atoms with Gasteiger partial charge in [0.2, 0.25) is 53.2 Å². The summed E-state index contributed by atoms with van der Waals surface area (Å²) in [5.41, 5.74) is 22.5. The molecule has 1 aliphatic heterocycles. The average Bonchev–Trinajstić information content (AvgIpc) is 3.83. The van der Waals surface area contributed by atoms with Crippen LogP contribution in [0.4, 0.5) is 0 Å². The number of primary amides is 2. The summed E-state index contributed by atoms with van der Waals surface area (Å²) in [6.07, 6.45) is -0.220. The van der Waals surface area contributed by atoms with Gasteiger partial charge in [-0.2, -0.15) is 0 Å². The number of aliphatic hydroxyl groups excluding tert-OH is 1. The van der Waals surface area contributed by atoms with E-state index < -0.39 is 133 Å². The number of carboxylic acid groups (broad SMARTS) is 1. The molecule has 9 atom stereocenters. The molecule has 1 aliphatic rings. The van der Waals surface area contributed by atoms with Crippen LogP contribution in [0.5, 0.6) is 5.75 Å². The van der Waals surface area contributed by atoms with Gasteiger partial charge in [0.15, 0.2) is 6.04 Å². The van der Waals surface area contributed by atoms with Crippen LogP contribution in [-0.2, 0) is 54.4 Å². The molecule has 0 aromatic heterocycles. The van der Waals surface area contributed by atoms with Gasteiger partial charge in [-0.1, -0.05) is 26.0 Å². The first-order valence-electron chi connectivity index (χ1n) is 23.1. The van der Waals surface area contributed by atoms with Gasteiger partial charge in [-0.3, -0.25) is 43.2 Å². The number of carboxylic acids is 1. The van der Waals surface area contributed by atoms with Crippen LogP contribution in [0.15, 0.2) is 24.3 Å². The minimum Gasteiger partial charge on any atom is -0.508 e. The van der Waals surface area contributed by atoms with Crippen LogP contribution in [0.2, 0.25) is 0 Å². The van der Waals surface area contributed by atoms with Crippen LogP contribution < -0.4 is 65.5 Å². The van der Waals surface area contributed by atoms with Crippen LogP contribution in [0.1, 0.15) is 97.0 Å². The third-order valence-corrected chi connectivity index (χ3v) is 11.2. The number of hydrogen-bond acceptors (Lipinski definition) is 15. The highest BCUT2D eigenvalue weighted by Crippen LogP contribution is 2.15. The summed E-state index contributed by atoms with van der Waals surface area (Å²) in [7, 11) is 0. The Labute approximate surface area is 400 Å². The van der Waals surface area contributed by atoms with Crippen molar-refractivity contribution >= 4 is 59.1 Å². The van der Waals surface area contributed by atoms with E-state index in [-0.39, 0.29) is 43.9 Å². The van der Waals surface area contributed by atoms with Crippen molar-refractivity contribution in [2.24, 2.45) is 28.9 Å². The molecule has 0 unspecified atom stereocenters. The number of phenolic OH excluding ortho intramolecular Hbond substituents is 1. The molecule has 1 saturated heterocycles. The third-order valence-electron chi connectivity index (χ3n) is 11.2. The second-order valence-electron chi connectivity index (χ2n) is 17.4. The van der Waals surface area contributed by atoms with Crippen LogP contribution in [0, 0.1) is 5.92 Å². The number of carbonyl (C=O) groups excluding carboxylic acids is 9. The molecule has 25 nitrogen and oxygen atoms in total. The average molecular weight is 977 g/mol. The first-order chi connectivity index (χ1) is 32.6. The van der Waals surface area contributed by atoms with Crippen molar-refractivity contribution in [3.05, 3.63) is 29.8 Å². The first kappa shape index (κ1) is 58.7. The van der Waals surface area contributed by atoms with Gasteiger partial charge in [0.1, 0.15) is 42.0 Å². The molecule has 1 heterocycles. The van der Waals surface area contributed by atoms with Gasteiger partial charge in [0.05, 0.1) is 18.6 Å². The number of nitrogens with one attached hydrogen (secondary N) is 8. The van der Waals surface area contributed by atoms with E-state index in [4.69, 9.17) is 22.9 Å². The second-order valence-corrected chi connectivity index (χ2v) is 17.4. The molecule has 2 rings (SSSR count). The number of hydrogen-bond donors (Lipinski definition) is 15. The number of unbranched alkanes of at least 4 members (excludes halogenated alkanes) is 2. The van der Waals surface area contributed by atoms with Crippen LogP contribution in [-0.4, -0.2) is 149 Å². The molecule has 386 valence electrons. The Morgan fingerprint density at radius 2 is 1.10 bits per heavy atom. The standard InChI is InChI=1S/C44H72N12O13/c1-23(2)35(55-41(65)31(21-25-12-14-26(58)15-13-25)53-39(63)28(9-4-6-18-45)50-37(61)27-11-8-20-49-27)43(67)52-29(10-5-7-19-46)38(62)51-30(16-17-33(47)59)40(64)54-32(22-34(48)60)42(66)56-36(24(3)57)44(68)69/h12-15,23-24,27-32,35-36,49,57-58H,4-11,16-22,45-46H2,1-3H3,(H2,47,59)(H2,48,60)(H,50,61)(H,51,62)(H,52,67)(H,53,63)(H,54,64)(H,55,65)(H,56,66)(H,68,69)/t24-,27+,28+,29+,30+,31+,32+,35+,36+/m1/s1. The smallest absolute Gasteiger partial charge is 0.328 e. The molecule has 0 bridgehead atoms. The lowest BCUT2D eigenvalue weighted by Gasteiger charge is -2.29. The Kier molecular flexibility index (Phi) is 25.6. The molecule has 0 spiro atoms. The minimum atomic E-state index is -1.85. The van der Waals surface area contributed by atoms with Gasteiger partial charge in [0.25, 0.3) is 0 Å². The topological polar surface area (TPSA) is 432 Å². The molecular formula is C44H72N12O13. The largest absolute Gasteiger partial charge is 0.508 e. The zero-order chi connectivity index (χ0) is 51.8. The molecule has 19 N–H and O–H groups in total. The number of nitrogens with two attached hydrogens (primary N) is 4. The zero-order valence-electron chi connectivity index (χ0n) is 39.4. The molecule has 25 heteroatoms. The molecule has 0 saturated carbocycles. The van der Waals surface area contributed by atoms with E-state index in [0.29, 0.717) is 44.3 Å². The van der Waals surface area contributed by atoms with E-state index in [9.17, 15) is 63.3 Å². The number of phenols is 1. The van der Waals surface area contributed by atoms with Crippen molar-refractivity contribution in [1.29, 1.82) is 0 Å². The maximum absolute atomic E-state index is 14.2. The van der Waals surface area contributed by atoms with Crippen molar-refractivity contribution in [2.45, 2.75) is 152 Å². The van der Waals surface area contributed by atoms with Gasteiger partial charge < -0.3 is 80.8 Å². The second kappa shape index (κ2) is 30.1. The van der Waals surface area contributed by atoms with Gasteiger partial charge in [0, 0.05) is 12.8 Å². The summed E-state index contributed by atoms with van der Waals surface area (Å²) >= 11 is 0. The fourth-order valence-corrected chi connectivity index (χ4v) is 7.26. The zero-order valence-corrected chi connectivity index (χ0v) is 39.4. The SMILES string of the molecule is CC(C)[C@H](NC(=O)[C@H](Cc1ccc(O)cc1)NC(=O)[C@H](CCCCN)NC(=O)[C@@H]1CCCN1)C(=O)N[C@@H](CCCCN)C(=O)N[C@@H](CCC(N)=O)C(=O)N[C@@H](CC(N)=O)C(=O)N[C@H](C(=O)O)[C@@H](C)O. The lowest BCUT2D eigenvalue weighted by Crippen LogP contribution is -2.61. The van der Waals surface area contributed by atoms with E-state index in [1.165, 1.54) is 12.1 Å². The molecule has 69 heavy (non-hydrogen) atoms. The summed E-state index contributed by atoms with van der Waals surface area (Å²) < 4.78 is 0. The van der Waals surface area contributed by atoms with E-state index >= 15 is 0 Å². The van der Waals surface area contributed by atoms with Gasteiger partial charge in [-0.15, -0.1) is 0 Å². The number of rotatable bonds is 32. The lowest BCUT2D eigenvalue weighted by molar-refractivity contribution is -0.145. The predicted octanol–water partition coefficient (Wildman–Crippen LogP) is -4.40. The van der Waals surface area contributed by atoms with Crippen LogP contribution >= 0.6 is 0 Å². The van der Waals surface area contributed by atoms with Crippen molar-refractivity contribution in [1.82, 2.24) is 42.5 Å². The van der Waals surface area contributed by atoms with Crippen molar-refractivity contribution < 1.29 is 63.3 Å². The number of aliphatic hydroxyl groups is 1. The first-order valence-corrected chi connectivity index (χ1v) is 23.1. The quantitative estimate of drug-likeness (QED) is 0.0303. The molecule has 1 fully saturated rings. The minimum absolute atomic E-state index is 0.0481. The summed E-state index contributed by atoms with van der Waals surface area (Å²) in [6.45, 7) is 5.51. The van der Waals surface area contributed by atoms with E-state index in [1.807, 2.05) is 5.32 Å². The number of benzene rings is 1. The molecule has 9 amide bonds. The van der Waals surface area contributed by atoms with Crippen molar-refractivity contribution in [3.63, 3.8) is 0 Å². The number of aliphatic carboxylic acids is 1. The third kappa shape index (κ3) is 21.2. The Morgan fingerprint density at radius 3 is 1.58 bits per heavy atom. The number of carbonyl (C=O) groups is 10. The summed E-state index contributed by atoms with van der Waals surface area (Å²) in [5.74, 6) is -10.3. The Bertz CT molecular complexity index is 1910. The predicted molar refractivity (Wildman–Crippen MR) is 249 cm³/mol. The highest BCUT2D eigenvalue weighted by molar-refractivity contribution is 5.98. The van der Waals surface area contributed by atoms with E-state index in [2.05, 4.69) is 37.2 Å². The molecule has 0 aliphatic carbocycles. The van der Waals surface area contributed by atoms with E-state index in [1.54, 1.807) is 26.0 Å². The van der Waals surface area contributed by atoms with Gasteiger partial charge in [-0.25, -0.2) is 4.79 Å². The van der Waals surface area contributed by atoms with Gasteiger partial charge in [-0.05, 0) is 108 Å². The van der Waals surface area contributed by atoms with Crippen LogP contribution in [0.3, 0.4) is 0 Å². The Hall–Kier alpha value is -6.44. The number of aromatic hydroxyl groups is 1. The molecule has 1 aromatic carbocycles. The summed E-state index contributed by atoms with van der Waals surface area (Å²) in [5, 5.41) is 49.8. The van der Waals surface area contributed by atoms with Crippen LogP contribution in [0.25, 0.3) is 0 Å². The summed E-state index contributed by atoms with van der Waals surface area (Å²) in [6, 6.07) is -5.03. The fourth-order valence-electron chi connectivity index (χ4n) is 7.26. The van der Waals surface area contributed by atoms with Gasteiger partial charge >= 0.3 is 5.97 Å². The molecule has 1 aromatic rings. The van der Waals surface area contributed by atoms with E-state index in [0.717, 1.165) is 13.3 Å². The number of amides is 9. The fraction of sp³-hybridized carbons (Fsp3) is 0.636. The van der Waals surface area contributed by atoms with Crippen molar-refractivity contribution in [2.75, 3.05) is 19.6 Å². The lowest BCUT2D eigenvalue weighted by atomic mass is 9.99. The molecular weight excluding hydrogens is 905 g/mol. The maximum atomic E-state index is 14.2. The maximum Gasteiger partial charge on any atom is 0.328 e. The normalized spacial score (nSPS) is 16.8. The Balaban J connectivity index is 2.43. The highest BCUT2D eigenvalue weighted by Gasteiger charge is 2.36. The molecule has 0 radical (unpaired) electrons.